The van der Waals surface area contributed by atoms with Crippen molar-refractivity contribution in [2.45, 2.75) is 92.4 Å². The van der Waals surface area contributed by atoms with E-state index in [1.165, 1.54) is 0 Å². The van der Waals surface area contributed by atoms with Crippen LogP contribution in [0.3, 0.4) is 0 Å². The third-order valence-electron chi connectivity index (χ3n) is 3.34. The Labute approximate surface area is 156 Å². The Morgan fingerprint density at radius 2 is 0.652 bits per heavy atom. The molecule has 0 bridgehead atoms. The van der Waals surface area contributed by atoms with Crippen LogP contribution < -0.4 is 0 Å². The largest absolute Gasteiger partial charge is 0.660 e. The molecular formula is C18H40CoN4-4. The molecule has 4 unspecified atom stereocenters. The van der Waals surface area contributed by atoms with Crippen LogP contribution in [0.5, 0.6) is 0 Å². The van der Waals surface area contributed by atoms with Crippen molar-refractivity contribution in [2.75, 3.05) is 26.2 Å². The molecule has 1 radical (unpaired) electrons. The van der Waals surface area contributed by atoms with E-state index in [0.717, 1.165) is 39.0 Å². The maximum absolute atomic E-state index is 4.39. The molecule has 0 aromatic heterocycles. The van der Waals surface area contributed by atoms with Crippen molar-refractivity contribution in [1.82, 2.24) is 0 Å². The normalized spacial score (nSPS) is 15.7. The SMILES string of the molecule is CC[N-]C(C)CC(C)[N-]CC.CC[N-]C(C)CC(C)[N-]CC.[Co]. The minimum atomic E-state index is 0. The third kappa shape index (κ3) is 22.3. The zero-order valence-corrected chi connectivity index (χ0v) is 17.7. The van der Waals surface area contributed by atoms with Crippen molar-refractivity contribution in [3.63, 3.8) is 0 Å². The van der Waals surface area contributed by atoms with E-state index in [1.54, 1.807) is 0 Å². The predicted molar refractivity (Wildman–Crippen MR) is 103 cm³/mol. The maximum atomic E-state index is 4.39. The minimum Gasteiger partial charge on any atom is -0.660 e. The summed E-state index contributed by atoms with van der Waals surface area (Å²) in [4.78, 5) is 0. The molecule has 0 aliphatic carbocycles. The van der Waals surface area contributed by atoms with Crippen LogP contribution in [0.25, 0.3) is 21.3 Å². The monoisotopic (exact) mass is 371 g/mol. The van der Waals surface area contributed by atoms with E-state index in [9.17, 15) is 0 Å². The molecule has 5 heteroatoms. The smallest absolute Gasteiger partial charge is 0 e. The molecule has 145 valence electrons. The Morgan fingerprint density at radius 1 is 0.478 bits per heavy atom. The molecule has 0 heterocycles. The van der Waals surface area contributed by atoms with Crippen molar-refractivity contribution >= 4 is 0 Å². The van der Waals surface area contributed by atoms with Crippen LogP contribution in [0.4, 0.5) is 0 Å². The van der Waals surface area contributed by atoms with Gasteiger partial charge in [-0.05, 0) is 0 Å². The molecule has 0 amide bonds. The second kappa shape index (κ2) is 20.4. The molecule has 23 heavy (non-hydrogen) atoms. The summed E-state index contributed by atoms with van der Waals surface area (Å²) in [5, 5.41) is 17.5. The fraction of sp³-hybridized carbons (Fsp3) is 1.00. The quantitative estimate of drug-likeness (QED) is 0.411. The first-order valence-corrected chi connectivity index (χ1v) is 9.07. The van der Waals surface area contributed by atoms with Gasteiger partial charge in [-0.25, -0.2) is 0 Å². The van der Waals surface area contributed by atoms with E-state index in [0.29, 0.717) is 24.2 Å². The molecular weight excluding hydrogens is 331 g/mol. The van der Waals surface area contributed by atoms with Crippen LogP contribution in [-0.2, 0) is 16.8 Å². The average molecular weight is 371 g/mol. The van der Waals surface area contributed by atoms with Gasteiger partial charge < -0.3 is 21.3 Å². The van der Waals surface area contributed by atoms with E-state index >= 15 is 0 Å². The molecule has 0 aliphatic heterocycles. The van der Waals surface area contributed by atoms with Gasteiger partial charge in [0.15, 0.2) is 0 Å². The molecule has 0 saturated carbocycles. The van der Waals surface area contributed by atoms with Crippen LogP contribution in [0, 0.1) is 0 Å². The average Bonchev–Trinajstić information content (AvgIpc) is 2.40. The van der Waals surface area contributed by atoms with Gasteiger partial charge in [-0.15, -0.1) is 24.2 Å². The molecule has 0 rings (SSSR count). The molecule has 0 saturated heterocycles. The van der Waals surface area contributed by atoms with Gasteiger partial charge in [-0.1, -0.05) is 68.2 Å². The second-order valence-corrected chi connectivity index (χ2v) is 5.86. The Morgan fingerprint density at radius 3 is 0.783 bits per heavy atom. The maximum Gasteiger partial charge on any atom is 0 e. The summed E-state index contributed by atoms with van der Waals surface area (Å²) in [6.45, 7) is 20.7. The summed E-state index contributed by atoms with van der Waals surface area (Å²) >= 11 is 0. The predicted octanol–water partition coefficient (Wildman–Crippen LogP) is 5.88. The summed E-state index contributed by atoms with van der Waals surface area (Å²) < 4.78 is 0. The zero-order valence-electron chi connectivity index (χ0n) is 16.7. The molecule has 0 fully saturated rings. The summed E-state index contributed by atoms with van der Waals surface area (Å²) in [5.74, 6) is 0. The number of hydrogen-bond donors (Lipinski definition) is 0. The van der Waals surface area contributed by atoms with E-state index in [1.807, 2.05) is 0 Å². The van der Waals surface area contributed by atoms with Crippen LogP contribution in [0.15, 0.2) is 0 Å². The van der Waals surface area contributed by atoms with Crippen molar-refractivity contribution < 1.29 is 16.8 Å². The Hall–Kier alpha value is 0.346. The van der Waals surface area contributed by atoms with E-state index in [2.05, 4.69) is 76.7 Å². The fourth-order valence-electron chi connectivity index (χ4n) is 2.53. The van der Waals surface area contributed by atoms with Gasteiger partial charge in [0.25, 0.3) is 0 Å². The van der Waals surface area contributed by atoms with Gasteiger partial charge >= 0.3 is 0 Å². The van der Waals surface area contributed by atoms with E-state index in [4.69, 9.17) is 0 Å². The summed E-state index contributed by atoms with van der Waals surface area (Å²) in [6, 6.07) is 1.91. The number of nitrogens with zero attached hydrogens (tertiary/aromatic N) is 4. The molecule has 0 N–H and O–H groups in total. The van der Waals surface area contributed by atoms with Crippen molar-refractivity contribution in [3.05, 3.63) is 21.3 Å². The number of rotatable bonds is 12. The van der Waals surface area contributed by atoms with Gasteiger partial charge in [0.1, 0.15) is 0 Å². The minimum absolute atomic E-state index is 0. The topological polar surface area (TPSA) is 56.4 Å². The van der Waals surface area contributed by atoms with Gasteiger partial charge in [0, 0.05) is 16.8 Å². The van der Waals surface area contributed by atoms with Crippen molar-refractivity contribution in [1.29, 1.82) is 0 Å². The molecule has 4 atom stereocenters. The molecule has 0 aliphatic rings. The first-order valence-electron chi connectivity index (χ1n) is 9.07. The first-order chi connectivity index (χ1) is 10.4. The van der Waals surface area contributed by atoms with Crippen molar-refractivity contribution in [2.24, 2.45) is 0 Å². The molecule has 0 aromatic rings. The van der Waals surface area contributed by atoms with Gasteiger partial charge in [-0.3, -0.25) is 0 Å². The number of hydrogen-bond acceptors (Lipinski definition) is 0. The van der Waals surface area contributed by atoms with E-state index < -0.39 is 0 Å². The van der Waals surface area contributed by atoms with E-state index in [-0.39, 0.29) is 16.8 Å². The van der Waals surface area contributed by atoms with Crippen LogP contribution in [-0.4, -0.2) is 50.3 Å². The first kappa shape index (κ1) is 28.2. The summed E-state index contributed by atoms with van der Waals surface area (Å²) in [7, 11) is 0. The third-order valence-corrected chi connectivity index (χ3v) is 3.34. The van der Waals surface area contributed by atoms with Crippen LogP contribution >= 0.6 is 0 Å². The second-order valence-electron chi connectivity index (χ2n) is 5.86. The van der Waals surface area contributed by atoms with Crippen molar-refractivity contribution in [3.8, 4) is 0 Å². The Balaban J connectivity index is -0.000000333. The summed E-state index contributed by atoms with van der Waals surface area (Å²) in [5.41, 5.74) is 0. The van der Waals surface area contributed by atoms with Crippen LogP contribution in [0.1, 0.15) is 68.2 Å². The fourth-order valence-corrected chi connectivity index (χ4v) is 2.53. The van der Waals surface area contributed by atoms with Gasteiger partial charge in [-0.2, -0.15) is 26.2 Å². The summed E-state index contributed by atoms with van der Waals surface area (Å²) in [6.07, 6.45) is 2.20. The van der Waals surface area contributed by atoms with Gasteiger partial charge in [0.2, 0.25) is 0 Å². The zero-order chi connectivity index (χ0) is 17.4. The molecule has 0 spiro atoms. The van der Waals surface area contributed by atoms with Crippen LogP contribution in [0.2, 0.25) is 0 Å². The molecule has 4 nitrogen and oxygen atoms in total. The Kier molecular flexibility index (Phi) is 25.0. The van der Waals surface area contributed by atoms with Gasteiger partial charge in [0.05, 0.1) is 0 Å². The Bertz CT molecular complexity index is 175. The standard InChI is InChI=1S/2C9H20N2.Co/c2*1-5-10-8(3)7-9(4)11-6-2;/h2*8-9H,5-7H2,1-4H3;/q2*-2;. The molecule has 0 aromatic carbocycles.